The van der Waals surface area contributed by atoms with E-state index in [0.717, 1.165) is 22.5 Å². The summed E-state index contributed by atoms with van der Waals surface area (Å²) in [5.74, 6) is 0.560. The minimum atomic E-state index is -2.10. The quantitative estimate of drug-likeness (QED) is 0.445. The number of hydrogen-bond donors (Lipinski definition) is 1. The van der Waals surface area contributed by atoms with E-state index in [2.05, 4.69) is 27.4 Å². The Bertz CT molecular complexity index is 935. The molecule has 0 aliphatic carbocycles. The van der Waals surface area contributed by atoms with Gasteiger partial charge in [0.2, 0.25) is 5.95 Å². The van der Waals surface area contributed by atoms with Gasteiger partial charge in [-0.1, -0.05) is 58.0 Å². The largest absolute Gasteiger partial charge is 0.324 e. The molecule has 5 heteroatoms. The third-order valence-electron chi connectivity index (χ3n) is 3.72. The van der Waals surface area contributed by atoms with Crippen LogP contribution in [0, 0.1) is 6.92 Å². The van der Waals surface area contributed by atoms with E-state index in [0.29, 0.717) is 12.1 Å². The highest BCUT2D eigenvalue weighted by Crippen LogP contribution is 2.40. The molecular formula is C24H34N3OP. The number of hydrogen-bond acceptors (Lipinski definition) is 4. The second-order valence-corrected chi connectivity index (χ2v) is 10.2. The first-order valence-electron chi connectivity index (χ1n) is 10.2. The van der Waals surface area contributed by atoms with Crippen molar-refractivity contribution in [2.24, 2.45) is 0 Å². The van der Waals surface area contributed by atoms with Crippen molar-refractivity contribution in [1.82, 2.24) is 9.97 Å². The number of anilines is 2. The number of nitrogens with zero attached hydrogens (tertiary/aromatic N) is 2. The molecular weight excluding hydrogens is 377 g/mol. The summed E-state index contributed by atoms with van der Waals surface area (Å²) in [7, 11) is -2.10. The van der Waals surface area contributed by atoms with E-state index in [1.807, 2.05) is 90.4 Å². The molecule has 0 amide bonds. The maximum Gasteiger partial charge on any atom is 0.227 e. The van der Waals surface area contributed by atoms with Crippen molar-refractivity contribution in [2.45, 2.75) is 40.8 Å². The van der Waals surface area contributed by atoms with Crippen LogP contribution < -0.4 is 5.32 Å². The maximum atomic E-state index is 12.1. The molecule has 0 aliphatic rings. The van der Waals surface area contributed by atoms with Crippen LogP contribution in [-0.4, -0.2) is 23.3 Å². The van der Waals surface area contributed by atoms with E-state index in [-0.39, 0.29) is 0 Å². The predicted octanol–water partition coefficient (Wildman–Crippen LogP) is 7.37. The van der Waals surface area contributed by atoms with Gasteiger partial charge in [0, 0.05) is 23.6 Å². The van der Waals surface area contributed by atoms with Crippen molar-refractivity contribution in [3.05, 3.63) is 71.9 Å². The monoisotopic (exact) mass is 411 g/mol. The van der Waals surface area contributed by atoms with Gasteiger partial charge >= 0.3 is 0 Å². The highest BCUT2D eigenvalue weighted by Gasteiger charge is 2.10. The van der Waals surface area contributed by atoms with Crippen molar-refractivity contribution in [3.63, 3.8) is 0 Å². The van der Waals surface area contributed by atoms with E-state index in [1.165, 1.54) is 5.56 Å². The van der Waals surface area contributed by atoms with Crippen LogP contribution in [0.5, 0.6) is 0 Å². The fourth-order valence-corrected chi connectivity index (χ4v) is 3.78. The summed E-state index contributed by atoms with van der Waals surface area (Å²) in [5, 5.41) is 3.24. The van der Waals surface area contributed by atoms with Gasteiger partial charge in [-0.05, 0) is 55.6 Å². The van der Waals surface area contributed by atoms with Gasteiger partial charge in [0.1, 0.15) is 0 Å². The van der Waals surface area contributed by atoms with Gasteiger partial charge in [0.05, 0.1) is 12.8 Å². The Labute approximate surface area is 176 Å². The Hall–Kier alpha value is -2.45. The zero-order valence-electron chi connectivity index (χ0n) is 18.7. The van der Waals surface area contributed by atoms with Gasteiger partial charge < -0.3 is 9.88 Å². The summed E-state index contributed by atoms with van der Waals surface area (Å²) >= 11 is 0. The Balaban J connectivity index is 0.000000989. The van der Waals surface area contributed by atoms with Crippen LogP contribution >= 0.6 is 7.14 Å². The number of aryl methyl sites for hydroxylation is 1. The molecule has 1 heterocycles. The summed E-state index contributed by atoms with van der Waals surface area (Å²) < 4.78 is 12.1. The van der Waals surface area contributed by atoms with Crippen molar-refractivity contribution >= 4 is 18.8 Å². The molecule has 29 heavy (non-hydrogen) atoms. The number of benzene rings is 2. The molecule has 0 radical (unpaired) electrons. The zero-order chi connectivity index (χ0) is 21.9. The Morgan fingerprint density at radius 2 is 1.62 bits per heavy atom. The minimum absolute atomic E-state index is 0.560. The van der Waals surface area contributed by atoms with Crippen LogP contribution in [-0.2, 0) is 10.7 Å². The average Bonchev–Trinajstić information content (AvgIpc) is 2.70. The molecule has 0 saturated heterocycles. The average molecular weight is 412 g/mol. The summed E-state index contributed by atoms with van der Waals surface area (Å²) in [6.45, 7) is 13.7. The summed E-state index contributed by atoms with van der Waals surface area (Å²) in [5.41, 5.74) is 5.05. The second-order valence-electron chi connectivity index (χ2n) is 6.69. The van der Waals surface area contributed by atoms with Gasteiger partial charge in [-0.15, -0.1) is 0 Å². The molecule has 1 aromatic heterocycles. The molecule has 0 saturated carbocycles. The lowest BCUT2D eigenvalue weighted by Gasteiger charge is -2.10. The van der Waals surface area contributed by atoms with E-state index in [4.69, 9.17) is 0 Å². The van der Waals surface area contributed by atoms with E-state index < -0.39 is 7.14 Å². The Kier molecular flexibility index (Phi) is 10.3. The van der Waals surface area contributed by atoms with Crippen LogP contribution in [0.3, 0.4) is 0 Å². The van der Waals surface area contributed by atoms with Crippen LogP contribution in [0.4, 0.5) is 11.6 Å². The first kappa shape index (κ1) is 24.6. The molecule has 0 atom stereocenters. The molecule has 4 nitrogen and oxygen atoms in total. The first-order chi connectivity index (χ1) is 13.9. The van der Waals surface area contributed by atoms with Crippen molar-refractivity contribution < 1.29 is 4.57 Å². The molecule has 0 unspecified atom stereocenters. The lowest BCUT2D eigenvalue weighted by molar-refractivity contribution is 0.582. The number of nitrogens with one attached hydrogen (secondary N) is 1. The molecule has 3 rings (SSSR count). The third kappa shape index (κ3) is 8.62. The highest BCUT2D eigenvalue weighted by atomic mass is 31.2. The first-order valence-corrected chi connectivity index (χ1v) is 13.0. The van der Waals surface area contributed by atoms with Gasteiger partial charge in [-0.3, -0.25) is 0 Å². The molecule has 3 aromatic rings. The summed E-state index contributed by atoms with van der Waals surface area (Å²) in [6.07, 6.45) is 2.35. The second kappa shape index (κ2) is 12.2. The van der Waals surface area contributed by atoms with Gasteiger partial charge in [-0.2, -0.15) is 0 Å². The Morgan fingerprint density at radius 3 is 2.28 bits per heavy atom. The lowest BCUT2D eigenvalue weighted by Crippen LogP contribution is -1.98. The molecule has 0 aliphatic heterocycles. The third-order valence-corrected chi connectivity index (χ3v) is 4.84. The SMILES string of the molecule is CC.CC.Cc1cccc(Nc2nccc(-c3cccc(CP(C)(C)=O)c3)n2)c1. The van der Waals surface area contributed by atoms with Crippen LogP contribution in [0.15, 0.2) is 60.8 Å². The lowest BCUT2D eigenvalue weighted by atomic mass is 10.1. The molecule has 2 aromatic carbocycles. The molecule has 0 spiro atoms. The predicted molar refractivity (Wildman–Crippen MR) is 128 cm³/mol. The summed E-state index contributed by atoms with van der Waals surface area (Å²) in [4.78, 5) is 8.92. The van der Waals surface area contributed by atoms with Gasteiger partial charge in [0.15, 0.2) is 0 Å². The normalized spacial score (nSPS) is 10.2. The van der Waals surface area contributed by atoms with Crippen molar-refractivity contribution in [2.75, 3.05) is 18.6 Å². The summed E-state index contributed by atoms with van der Waals surface area (Å²) in [6, 6.07) is 18.0. The molecule has 1 N–H and O–H groups in total. The maximum absolute atomic E-state index is 12.1. The standard InChI is InChI=1S/C20H22N3OP.2C2H6/c1-15-6-4-9-18(12-15)22-20-21-11-10-19(23-20)17-8-5-7-16(13-17)14-25(2,3)24;2*1-2/h4-13H,14H2,1-3H3,(H,21,22,23);2*1-2H3. The fourth-order valence-electron chi connectivity index (χ4n) is 2.70. The van der Waals surface area contributed by atoms with Crippen LogP contribution in [0.2, 0.25) is 0 Å². The van der Waals surface area contributed by atoms with E-state index in [9.17, 15) is 4.57 Å². The van der Waals surface area contributed by atoms with Gasteiger partial charge in [0.25, 0.3) is 0 Å². The van der Waals surface area contributed by atoms with Crippen LogP contribution in [0.1, 0.15) is 38.8 Å². The highest BCUT2D eigenvalue weighted by molar-refractivity contribution is 7.61. The molecule has 0 fully saturated rings. The zero-order valence-corrected chi connectivity index (χ0v) is 19.6. The van der Waals surface area contributed by atoms with Gasteiger partial charge in [-0.25, -0.2) is 9.97 Å². The van der Waals surface area contributed by atoms with E-state index >= 15 is 0 Å². The molecule has 0 bridgehead atoms. The van der Waals surface area contributed by atoms with Crippen LogP contribution in [0.25, 0.3) is 11.3 Å². The molecule has 156 valence electrons. The number of aromatic nitrogens is 2. The van der Waals surface area contributed by atoms with Crippen molar-refractivity contribution in [3.8, 4) is 11.3 Å². The fraction of sp³-hybridized carbons (Fsp3) is 0.333. The minimum Gasteiger partial charge on any atom is -0.324 e. The van der Waals surface area contributed by atoms with E-state index in [1.54, 1.807) is 6.20 Å². The Morgan fingerprint density at radius 1 is 0.931 bits per heavy atom. The van der Waals surface area contributed by atoms with Crippen molar-refractivity contribution in [1.29, 1.82) is 0 Å². The number of rotatable bonds is 5. The topological polar surface area (TPSA) is 54.9 Å². The smallest absolute Gasteiger partial charge is 0.227 e.